The lowest BCUT2D eigenvalue weighted by molar-refractivity contribution is -0.388. The highest BCUT2D eigenvalue weighted by Gasteiger charge is 2.34. The second-order valence-electron chi connectivity index (χ2n) is 5.43. The van der Waals surface area contributed by atoms with Crippen LogP contribution in [0.1, 0.15) is 0 Å². The van der Waals surface area contributed by atoms with Gasteiger partial charge in [0, 0.05) is 7.05 Å². The Labute approximate surface area is 144 Å². The van der Waals surface area contributed by atoms with Crippen LogP contribution < -0.4 is 9.04 Å². The average Bonchev–Trinajstić information content (AvgIpc) is 3.44. The molecule has 0 radical (unpaired) electrons. The van der Waals surface area contributed by atoms with Crippen LogP contribution in [0.3, 0.4) is 0 Å². The van der Waals surface area contributed by atoms with Crippen LogP contribution in [0.15, 0.2) is 53.4 Å². The molecule has 0 aromatic heterocycles. The van der Waals surface area contributed by atoms with Gasteiger partial charge in [0.05, 0.1) is 17.2 Å². The molecule has 25 heavy (non-hydrogen) atoms. The summed E-state index contributed by atoms with van der Waals surface area (Å²) in [7, 11) is -2.79. The summed E-state index contributed by atoms with van der Waals surface area (Å²) < 4.78 is 37.2. The van der Waals surface area contributed by atoms with E-state index in [9.17, 15) is 18.5 Å². The van der Waals surface area contributed by atoms with Crippen LogP contribution in [0, 0.1) is 10.1 Å². The zero-order chi connectivity index (χ0) is 18.0. The molecule has 0 saturated carbocycles. The summed E-state index contributed by atoms with van der Waals surface area (Å²) in [5, 5.41) is 11.5. The Morgan fingerprint density at radius 3 is 2.52 bits per heavy atom. The summed E-state index contributed by atoms with van der Waals surface area (Å²) in [5.74, 6) is -0.0944. The maximum atomic E-state index is 12.9. The minimum Gasteiger partial charge on any atom is -0.484 e. The lowest BCUT2D eigenvalue weighted by atomic mass is 10.3. The van der Waals surface area contributed by atoms with Gasteiger partial charge in [-0.05, 0) is 24.3 Å². The number of nitro benzene ring substituents is 1. The highest BCUT2D eigenvalue weighted by Crippen LogP contribution is 2.36. The summed E-state index contributed by atoms with van der Waals surface area (Å²) in [5.41, 5.74) is -0.180. The van der Waals surface area contributed by atoms with Gasteiger partial charge >= 0.3 is 5.69 Å². The minimum absolute atomic E-state index is 0.0944. The van der Waals surface area contributed by atoms with E-state index in [2.05, 4.69) is 0 Å². The van der Waals surface area contributed by atoms with Crippen LogP contribution in [0.25, 0.3) is 0 Å². The van der Waals surface area contributed by atoms with E-state index in [1.165, 1.54) is 25.2 Å². The second kappa shape index (κ2) is 6.69. The number of sulfonamides is 1. The molecule has 2 aromatic carbocycles. The molecule has 2 aromatic rings. The highest BCUT2D eigenvalue weighted by molar-refractivity contribution is 7.93. The molecule has 0 bridgehead atoms. The molecule has 1 heterocycles. The Bertz CT molecular complexity index is 881. The van der Waals surface area contributed by atoms with Crippen LogP contribution in [0.5, 0.6) is 5.75 Å². The number of epoxide rings is 1. The first-order valence-corrected chi connectivity index (χ1v) is 8.91. The monoisotopic (exact) mass is 364 g/mol. The molecule has 9 heteroatoms. The number of hydrogen-bond acceptors (Lipinski definition) is 6. The van der Waals surface area contributed by atoms with Gasteiger partial charge in [-0.1, -0.05) is 24.3 Å². The number of benzene rings is 2. The number of ether oxygens (including phenoxy) is 2. The molecule has 1 atom stereocenters. The van der Waals surface area contributed by atoms with E-state index in [1.807, 2.05) is 0 Å². The molecule has 1 unspecified atom stereocenters. The number of rotatable bonds is 7. The van der Waals surface area contributed by atoms with Crippen LogP contribution in [-0.2, 0) is 14.8 Å². The van der Waals surface area contributed by atoms with E-state index in [0.29, 0.717) is 12.3 Å². The quantitative estimate of drug-likeness (QED) is 0.424. The number of anilines is 1. The van der Waals surface area contributed by atoms with E-state index >= 15 is 0 Å². The van der Waals surface area contributed by atoms with Crippen molar-refractivity contribution in [3.8, 4) is 5.75 Å². The Hall–Kier alpha value is -2.65. The largest absolute Gasteiger partial charge is 0.484 e. The predicted molar refractivity (Wildman–Crippen MR) is 90.4 cm³/mol. The first-order chi connectivity index (χ1) is 11.9. The van der Waals surface area contributed by atoms with Gasteiger partial charge in [0.15, 0.2) is 10.6 Å². The standard InChI is InChI=1S/C16H16N2O6S/c1-17(12-6-3-2-4-7-12)25(21,22)15-9-5-8-14(16(15)18(19)20)24-11-13-10-23-13/h2-9,13H,10-11H2,1H3. The van der Waals surface area contributed by atoms with Crippen molar-refractivity contribution in [2.24, 2.45) is 0 Å². The number of nitrogens with zero attached hydrogens (tertiary/aromatic N) is 2. The first kappa shape index (κ1) is 17.2. The fraction of sp³-hybridized carbons (Fsp3) is 0.250. The molecule has 1 saturated heterocycles. The smallest absolute Gasteiger partial charge is 0.331 e. The third kappa shape index (κ3) is 3.57. The van der Waals surface area contributed by atoms with Gasteiger partial charge in [-0.15, -0.1) is 0 Å². The molecular formula is C16H16N2O6S. The molecule has 1 aliphatic heterocycles. The second-order valence-corrected chi connectivity index (χ2v) is 7.37. The average molecular weight is 364 g/mol. The van der Waals surface area contributed by atoms with Crippen LogP contribution in [0.2, 0.25) is 0 Å². The van der Waals surface area contributed by atoms with Crippen molar-refractivity contribution in [2.45, 2.75) is 11.0 Å². The fourth-order valence-electron chi connectivity index (χ4n) is 2.28. The van der Waals surface area contributed by atoms with Crippen molar-refractivity contribution >= 4 is 21.4 Å². The van der Waals surface area contributed by atoms with Gasteiger partial charge in [0.1, 0.15) is 12.7 Å². The zero-order valence-electron chi connectivity index (χ0n) is 13.4. The summed E-state index contributed by atoms with van der Waals surface area (Å²) in [6, 6.07) is 12.3. The number of nitro groups is 1. The van der Waals surface area contributed by atoms with E-state index < -0.39 is 25.5 Å². The van der Waals surface area contributed by atoms with E-state index in [4.69, 9.17) is 9.47 Å². The van der Waals surface area contributed by atoms with Crippen molar-refractivity contribution in [2.75, 3.05) is 24.6 Å². The molecule has 132 valence electrons. The van der Waals surface area contributed by atoms with Crippen molar-refractivity contribution in [3.63, 3.8) is 0 Å². The topological polar surface area (TPSA) is 102 Å². The molecular weight excluding hydrogens is 348 g/mol. The van der Waals surface area contributed by atoms with Gasteiger partial charge in [-0.2, -0.15) is 0 Å². The molecule has 8 nitrogen and oxygen atoms in total. The van der Waals surface area contributed by atoms with Gasteiger partial charge in [-0.25, -0.2) is 8.42 Å². The minimum atomic E-state index is -4.13. The van der Waals surface area contributed by atoms with Crippen molar-refractivity contribution in [3.05, 3.63) is 58.6 Å². The third-order valence-corrected chi connectivity index (χ3v) is 5.55. The molecule has 3 rings (SSSR count). The normalized spacial score (nSPS) is 16.3. The highest BCUT2D eigenvalue weighted by atomic mass is 32.2. The van der Waals surface area contributed by atoms with Crippen molar-refractivity contribution in [1.29, 1.82) is 0 Å². The molecule has 1 fully saturated rings. The lowest BCUT2D eigenvalue weighted by Gasteiger charge is -2.19. The maximum absolute atomic E-state index is 12.9. The van der Waals surface area contributed by atoms with Gasteiger partial charge in [0.2, 0.25) is 0 Å². The molecule has 1 aliphatic rings. The molecule has 0 spiro atoms. The Morgan fingerprint density at radius 2 is 1.92 bits per heavy atom. The third-order valence-electron chi connectivity index (χ3n) is 3.73. The van der Waals surface area contributed by atoms with Crippen LogP contribution >= 0.6 is 0 Å². The van der Waals surface area contributed by atoms with Gasteiger partial charge in [-0.3, -0.25) is 14.4 Å². The molecule has 0 amide bonds. The lowest BCUT2D eigenvalue weighted by Crippen LogP contribution is -2.27. The maximum Gasteiger partial charge on any atom is 0.331 e. The van der Waals surface area contributed by atoms with E-state index in [1.54, 1.807) is 30.3 Å². The fourth-order valence-corrected chi connectivity index (χ4v) is 3.64. The van der Waals surface area contributed by atoms with E-state index in [-0.39, 0.29) is 18.5 Å². The van der Waals surface area contributed by atoms with Gasteiger partial charge < -0.3 is 9.47 Å². The van der Waals surface area contributed by atoms with Crippen molar-refractivity contribution < 1.29 is 22.8 Å². The molecule has 0 N–H and O–H groups in total. The van der Waals surface area contributed by atoms with Gasteiger partial charge in [0.25, 0.3) is 10.0 Å². The Morgan fingerprint density at radius 1 is 1.24 bits per heavy atom. The zero-order valence-corrected chi connectivity index (χ0v) is 14.2. The summed E-state index contributed by atoms with van der Waals surface area (Å²) in [6.07, 6.45) is -0.105. The summed E-state index contributed by atoms with van der Waals surface area (Å²) >= 11 is 0. The number of hydrogen-bond donors (Lipinski definition) is 0. The first-order valence-electron chi connectivity index (χ1n) is 7.47. The van der Waals surface area contributed by atoms with Crippen molar-refractivity contribution in [1.82, 2.24) is 0 Å². The summed E-state index contributed by atoms with van der Waals surface area (Å²) in [4.78, 5) is 10.4. The van der Waals surface area contributed by atoms with Crippen LogP contribution in [0.4, 0.5) is 11.4 Å². The SMILES string of the molecule is CN(c1ccccc1)S(=O)(=O)c1cccc(OCC2CO2)c1[N+](=O)[O-]. The number of para-hydroxylation sites is 2. The Balaban J connectivity index is 2.02. The predicted octanol–water partition coefficient (Wildman–Crippen LogP) is 2.20. The van der Waals surface area contributed by atoms with E-state index in [0.717, 1.165) is 4.31 Å². The van der Waals surface area contributed by atoms with Crippen LogP contribution in [-0.4, -0.2) is 39.7 Å². The molecule has 0 aliphatic carbocycles. The Kier molecular flexibility index (Phi) is 4.60. The summed E-state index contributed by atoms with van der Waals surface area (Å²) in [6.45, 7) is 0.668.